The van der Waals surface area contributed by atoms with Crippen LogP contribution in [0.15, 0.2) is 121 Å². The molecule has 0 bridgehead atoms. The van der Waals surface area contributed by atoms with E-state index in [4.69, 9.17) is 4.98 Å². The van der Waals surface area contributed by atoms with E-state index >= 15 is 0 Å². The predicted octanol–water partition coefficient (Wildman–Crippen LogP) is 9.09. The molecule has 5 aromatic carbocycles. The molecule has 0 aliphatic carbocycles. The third-order valence-electron chi connectivity index (χ3n) is 5.86. The second-order valence-electron chi connectivity index (χ2n) is 8.15. The fraction of sp³-hybridized carbons (Fsp3) is 0. The van der Waals surface area contributed by atoms with Crippen LogP contribution in [0.5, 0.6) is 0 Å². The van der Waals surface area contributed by atoms with Crippen molar-refractivity contribution in [3.05, 3.63) is 132 Å². The minimum absolute atomic E-state index is 1.03. The van der Waals surface area contributed by atoms with Crippen molar-refractivity contribution in [2.24, 2.45) is 0 Å². The lowest BCUT2D eigenvalue weighted by Crippen LogP contribution is -2.09. The van der Waals surface area contributed by atoms with E-state index in [1.165, 1.54) is 21.0 Å². The Morgan fingerprint density at radius 2 is 1.21 bits per heavy atom. The molecule has 0 fully saturated rings. The first-order valence-electron chi connectivity index (χ1n) is 11.3. The Morgan fingerprint density at radius 1 is 0.559 bits per heavy atom. The largest absolute Gasteiger partial charge is 0.310 e. The zero-order chi connectivity index (χ0) is 22.7. The Bertz CT molecular complexity index is 1530. The van der Waals surface area contributed by atoms with Crippen LogP contribution >= 0.6 is 11.3 Å². The van der Waals surface area contributed by atoms with Gasteiger partial charge in [-0.1, -0.05) is 72.8 Å². The number of hydrogen-bond acceptors (Lipinski definition) is 3. The van der Waals surface area contributed by atoms with E-state index in [-0.39, 0.29) is 0 Å². The molecule has 0 N–H and O–H groups in total. The minimum Gasteiger partial charge on any atom is -0.310 e. The molecule has 0 spiro atoms. The Labute approximate surface area is 203 Å². The molecule has 0 saturated heterocycles. The summed E-state index contributed by atoms with van der Waals surface area (Å²) in [5, 5.41) is 3.46. The summed E-state index contributed by atoms with van der Waals surface area (Å²) in [6.45, 7) is 0. The quantitative estimate of drug-likeness (QED) is 0.258. The molecule has 0 saturated carbocycles. The average molecular weight is 455 g/mol. The number of anilines is 3. The first-order chi connectivity index (χ1) is 16.8. The third-order valence-corrected chi connectivity index (χ3v) is 6.87. The van der Waals surface area contributed by atoms with Crippen LogP contribution in [0.4, 0.5) is 17.1 Å². The molecule has 0 aliphatic rings. The molecule has 0 aliphatic heterocycles. The number of fused-ring (bicyclic) bond motifs is 2. The van der Waals surface area contributed by atoms with Gasteiger partial charge in [0.25, 0.3) is 0 Å². The summed E-state index contributed by atoms with van der Waals surface area (Å²) < 4.78 is 1.22. The fourth-order valence-electron chi connectivity index (χ4n) is 4.22. The van der Waals surface area contributed by atoms with Gasteiger partial charge < -0.3 is 4.90 Å². The second-order valence-corrected chi connectivity index (χ2v) is 9.21. The van der Waals surface area contributed by atoms with Crippen molar-refractivity contribution in [1.82, 2.24) is 4.98 Å². The van der Waals surface area contributed by atoms with Gasteiger partial charge in [0.15, 0.2) is 0 Å². The van der Waals surface area contributed by atoms with E-state index in [1.54, 1.807) is 11.3 Å². The van der Waals surface area contributed by atoms with Crippen LogP contribution in [0.1, 0.15) is 10.6 Å². The Morgan fingerprint density at radius 3 is 1.94 bits per heavy atom. The molecule has 162 valence electrons. The number of benzene rings is 5. The highest BCUT2D eigenvalue weighted by molar-refractivity contribution is 7.19. The van der Waals surface area contributed by atoms with E-state index in [0.717, 1.165) is 27.6 Å². The first kappa shape index (κ1) is 20.4. The second kappa shape index (κ2) is 8.97. The topological polar surface area (TPSA) is 16.1 Å². The fourth-order valence-corrected chi connectivity index (χ4v) is 5.09. The van der Waals surface area contributed by atoms with Crippen LogP contribution < -0.4 is 4.90 Å². The molecule has 0 unspecified atom stereocenters. The smallest absolute Gasteiger partial charge is 0.117 e. The van der Waals surface area contributed by atoms with Crippen molar-refractivity contribution in [2.45, 2.75) is 0 Å². The number of rotatable bonds is 5. The molecule has 0 radical (unpaired) electrons. The standard InChI is InChI=1S/C31H22N2S/c1-3-9-26(10-4-1)33(27-11-5-2-6-12-27)28-19-18-24-21-23(15-17-25(24)22-28)16-20-31-32-29-13-7-8-14-30(29)34-31/h1-22H. The van der Waals surface area contributed by atoms with Gasteiger partial charge in [0.2, 0.25) is 0 Å². The molecule has 6 aromatic rings. The van der Waals surface area contributed by atoms with Gasteiger partial charge in [-0.05, 0) is 77.0 Å². The number of thiazole rings is 1. The minimum atomic E-state index is 1.03. The van der Waals surface area contributed by atoms with Crippen molar-refractivity contribution in [2.75, 3.05) is 4.90 Å². The Kier molecular flexibility index (Phi) is 5.38. The summed E-state index contributed by atoms with van der Waals surface area (Å²) >= 11 is 1.72. The average Bonchev–Trinajstić information content (AvgIpc) is 3.32. The number of aromatic nitrogens is 1. The molecule has 6 rings (SSSR count). The summed E-state index contributed by atoms with van der Waals surface area (Å²) in [6.07, 6.45) is 4.25. The lowest BCUT2D eigenvalue weighted by Gasteiger charge is -2.25. The molecule has 0 amide bonds. The first-order valence-corrected chi connectivity index (χ1v) is 12.1. The van der Waals surface area contributed by atoms with Crippen molar-refractivity contribution in [1.29, 1.82) is 0 Å². The van der Waals surface area contributed by atoms with E-state index in [2.05, 4.69) is 132 Å². The van der Waals surface area contributed by atoms with Crippen LogP contribution in [-0.2, 0) is 0 Å². The summed E-state index contributed by atoms with van der Waals surface area (Å²) in [7, 11) is 0. The maximum Gasteiger partial charge on any atom is 0.117 e. The van der Waals surface area contributed by atoms with Gasteiger partial charge in [0.05, 0.1) is 10.2 Å². The van der Waals surface area contributed by atoms with Gasteiger partial charge in [-0.3, -0.25) is 0 Å². The molecule has 2 nitrogen and oxygen atoms in total. The SMILES string of the molecule is C(=Cc1nc2ccccc2s1)c1ccc2cc(N(c3ccccc3)c3ccccc3)ccc2c1. The van der Waals surface area contributed by atoms with Crippen LogP contribution in [0, 0.1) is 0 Å². The van der Waals surface area contributed by atoms with E-state index < -0.39 is 0 Å². The van der Waals surface area contributed by atoms with E-state index in [1.807, 2.05) is 6.07 Å². The molecule has 0 atom stereocenters. The molecule has 1 heterocycles. The number of para-hydroxylation sites is 3. The summed E-state index contributed by atoms with van der Waals surface area (Å²) in [4.78, 5) is 7.00. The Balaban J connectivity index is 1.34. The number of hydrogen-bond donors (Lipinski definition) is 0. The predicted molar refractivity (Wildman–Crippen MR) is 147 cm³/mol. The summed E-state index contributed by atoms with van der Waals surface area (Å²) in [5.41, 5.74) is 5.65. The third kappa shape index (κ3) is 4.09. The van der Waals surface area contributed by atoms with Gasteiger partial charge in [0.1, 0.15) is 5.01 Å². The zero-order valence-corrected chi connectivity index (χ0v) is 19.3. The monoisotopic (exact) mass is 454 g/mol. The highest BCUT2D eigenvalue weighted by atomic mass is 32.1. The zero-order valence-electron chi connectivity index (χ0n) is 18.5. The lowest BCUT2D eigenvalue weighted by molar-refractivity contribution is 1.29. The highest BCUT2D eigenvalue weighted by Gasteiger charge is 2.12. The van der Waals surface area contributed by atoms with Gasteiger partial charge in [0, 0.05) is 17.1 Å². The molecule has 34 heavy (non-hydrogen) atoms. The maximum atomic E-state index is 4.70. The molecular formula is C31H22N2S. The summed E-state index contributed by atoms with van der Waals surface area (Å²) in [6, 6.07) is 42.5. The van der Waals surface area contributed by atoms with Crippen LogP contribution in [0.25, 0.3) is 33.1 Å². The molecule has 3 heteroatoms. The normalized spacial score (nSPS) is 11.4. The van der Waals surface area contributed by atoms with E-state index in [0.29, 0.717) is 0 Å². The van der Waals surface area contributed by atoms with Gasteiger partial charge in [-0.2, -0.15) is 0 Å². The summed E-state index contributed by atoms with van der Waals surface area (Å²) in [5.74, 6) is 0. The maximum absolute atomic E-state index is 4.70. The van der Waals surface area contributed by atoms with Crippen molar-refractivity contribution in [3.8, 4) is 0 Å². The lowest BCUT2D eigenvalue weighted by atomic mass is 10.0. The highest BCUT2D eigenvalue weighted by Crippen LogP contribution is 2.36. The van der Waals surface area contributed by atoms with Crippen molar-refractivity contribution >= 4 is 61.5 Å². The van der Waals surface area contributed by atoms with E-state index in [9.17, 15) is 0 Å². The number of nitrogens with zero attached hydrogens (tertiary/aromatic N) is 2. The molecular weight excluding hydrogens is 432 g/mol. The Hall–Kier alpha value is -4.21. The van der Waals surface area contributed by atoms with Crippen molar-refractivity contribution < 1.29 is 0 Å². The van der Waals surface area contributed by atoms with Gasteiger partial charge in [-0.25, -0.2) is 4.98 Å². The van der Waals surface area contributed by atoms with Crippen LogP contribution in [0.2, 0.25) is 0 Å². The van der Waals surface area contributed by atoms with Crippen molar-refractivity contribution in [3.63, 3.8) is 0 Å². The van der Waals surface area contributed by atoms with Crippen LogP contribution in [0.3, 0.4) is 0 Å². The van der Waals surface area contributed by atoms with Crippen LogP contribution in [-0.4, -0.2) is 4.98 Å². The van der Waals surface area contributed by atoms with Gasteiger partial charge >= 0.3 is 0 Å². The molecule has 1 aromatic heterocycles. The van der Waals surface area contributed by atoms with Gasteiger partial charge in [-0.15, -0.1) is 11.3 Å².